The highest BCUT2D eigenvalue weighted by atomic mass is 16.6. The number of carbonyl (C=O) groups excluding carboxylic acids is 4. The van der Waals surface area contributed by atoms with Gasteiger partial charge in [-0.3, -0.25) is 24.5 Å². The molecular weight excluding hydrogens is 568 g/mol. The van der Waals surface area contributed by atoms with E-state index in [1.807, 2.05) is 31.2 Å². The molecule has 1 aliphatic heterocycles. The molecule has 0 unspecified atom stereocenters. The van der Waals surface area contributed by atoms with Crippen LogP contribution < -0.4 is 14.4 Å². The number of anilines is 1. The van der Waals surface area contributed by atoms with E-state index in [4.69, 9.17) is 14.2 Å². The van der Waals surface area contributed by atoms with E-state index >= 15 is 0 Å². The third-order valence-electron chi connectivity index (χ3n) is 6.91. The fraction of sp³-hybridized carbons (Fsp3) is 0.152. The Balaban J connectivity index is 1.10. The van der Waals surface area contributed by atoms with Gasteiger partial charge < -0.3 is 19.1 Å². The maximum absolute atomic E-state index is 12.7. The van der Waals surface area contributed by atoms with Crippen LogP contribution in [-0.4, -0.2) is 41.7 Å². The number of rotatable bonds is 10. The van der Waals surface area contributed by atoms with Gasteiger partial charge in [-0.15, -0.1) is 0 Å². The summed E-state index contributed by atoms with van der Waals surface area (Å²) in [7, 11) is 0. The Morgan fingerprint density at radius 1 is 0.818 bits per heavy atom. The zero-order chi connectivity index (χ0) is 31.2. The Kier molecular flexibility index (Phi) is 8.75. The predicted molar refractivity (Wildman–Crippen MR) is 158 cm³/mol. The van der Waals surface area contributed by atoms with E-state index in [2.05, 4.69) is 0 Å². The molecule has 11 nitrogen and oxygen atoms in total. The number of aryl methyl sites for hydroxylation is 1. The van der Waals surface area contributed by atoms with E-state index in [9.17, 15) is 29.3 Å². The first kappa shape index (κ1) is 29.6. The lowest BCUT2D eigenvalue weighted by atomic mass is 10.1. The lowest BCUT2D eigenvalue weighted by molar-refractivity contribution is -0.384. The van der Waals surface area contributed by atoms with Crippen molar-refractivity contribution in [3.8, 4) is 17.2 Å². The van der Waals surface area contributed by atoms with Gasteiger partial charge in [0.15, 0.2) is 12.4 Å². The summed E-state index contributed by atoms with van der Waals surface area (Å²) in [5.41, 5.74) is 1.93. The number of carbonyl (C=O) groups is 4. The van der Waals surface area contributed by atoms with Crippen LogP contribution in [0.2, 0.25) is 0 Å². The molecule has 0 spiro atoms. The smallest absolute Gasteiger partial charge is 0.343 e. The molecule has 5 rings (SSSR count). The molecule has 0 aliphatic carbocycles. The van der Waals surface area contributed by atoms with E-state index < -0.39 is 35.2 Å². The number of hydrogen-bond acceptors (Lipinski definition) is 9. The van der Waals surface area contributed by atoms with E-state index in [-0.39, 0.29) is 41.4 Å². The maximum atomic E-state index is 12.7. The normalized spacial score (nSPS) is 14.2. The molecule has 1 heterocycles. The van der Waals surface area contributed by atoms with Gasteiger partial charge in [-0.2, -0.15) is 0 Å². The SMILES string of the molecule is Cc1ccc(Oc2ccc(N3C[C@H](C(=O)OCC(=O)c4ccc(OC(=O)c5ccc([N+](=O)[O-])cc5)cc4)CC3=O)cc2)cc1. The molecule has 0 N–H and O–H groups in total. The Morgan fingerprint density at radius 2 is 1.39 bits per heavy atom. The van der Waals surface area contributed by atoms with Crippen LogP contribution in [0.25, 0.3) is 0 Å². The minimum absolute atomic E-state index is 0.0382. The number of ether oxygens (including phenoxy) is 3. The van der Waals surface area contributed by atoms with Crippen LogP contribution in [0.4, 0.5) is 11.4 Å². The van der Waals surface area contributed by atoms with Gasteiger partial charge in [-0.25, -0.2) is 4.79 Å². The maximum Gasteiger partial charge on any atom is 0.343 e. The number of non-ortho nitro benzene ring substituents is 1. The van der Waals surface area contributed by atoms with Crippen molar-refractivity contribution in [2.75, 3.05) is 18.1 Å². The second kappa shape index (κ2) is 13.0. The van der Waals surface area contributed by atoms with Crippen LogP contribution in [0, 0.1) is 23.0 Å². The molecule has 1 atom stereocenters. The summed E-state index contributed by atoms with van der Waals surface area (Å²) in [5, 5.41) is 10.8. The van der Waals surface area contributed by atoms with Crippen molar-refractivity contribution in [2.45, 2.75) is 13.3 Å². The summed E-state index contributed by atoms with van der Waals surface area (Å²) in [6, 6.07) is 25.2. The van der Waals surface area contributed by atoms with E-state index in [0.29, 0.717) is 17.2 Å². The lowest BCUT2D eigenvalue weighted by Gasteiger charge is -2.17. The van der Waals surface area contributed by atoms with Crippen LogP contribution in [0.3, 0.4) is 0 Å². The molecule has 1 aliphatic rings. The monoisotopic (exact) mass is 594 g/mol. The Bertz CT molecular complexity index is 1700. The number of esters is 2. The minimum atomic E-state index is -0.723. The topological polar surface area (TPSA) is 142 Å². The number of nitro benzene ring substituents is 1. The summed E-state index contributed by atoms with van der Waals surface area (Å²) in [5.74, 6) is -1.35. The minimum Gasteiger partial charge on any atom is -0.457 e. The van der Waals surface area contributed by atoms with Crippen LogP contribution in [0.15, 0.2) is 97.1 Å². The third-order valence-corrected chi connectivity index (χ3v) is 6.91. The highest BCUT2D eigenvalue weighted by Gasteiger charge is 2.36. The van der Waals surface area contributed by atoms with Gasteiger partial charge >= 0.3 is 11.9 Å². The van der Waals surface area contributed by atoms with Crippen LogP contribution in [0.1, 0.15) is 32.7 Å². The fourth-order valence-electron chi connectivity index (χ4n) is 4.48. The molecule has 222 valence electrons. The van der Waals surface area contributed by atoms with Gasteiger partial charge in [0.05, 0.1) is 16.4 Å². The highest BCUT2D eigenvalue weighted by Crippen LogP contribution is 2.29. The summed E-state index contributed by atoms with van der Waals surface area (Å²) < 4.78 is 16.3. The van der Waals surface area contributed by atoms with Gasteiger partial charge in [-0.1, -0.05) is 17.7 Å². The molecule has 1 amide bonds. The Hall–Kier alpha value is -5.84. The molecule has 1 fully saturated rings. The first-order valence-electron chi connectivity index (χ1n) is 13.6. The lowest BCUT2D eigenvalue weighted by Crippen LogP contribution is -2.27. The Morgan fingerprint density at radius 3 is 2.00 bits per heavy atom. The summed E-state index contributed by atoms with van der Waals surface area (Å²) in [6.45, 7) is 1.60. The second-order valence-electron chi connectivity index (χ2n) is 10.1. The second-order valence-corrected chi connectivity index (χ2v) is 10.1. The number of amides is 1. The molecule has 11 heteroatoms. The summed E-state index contributed by atoms with van der Waals surface area (Å²) in [6.07, 6.45) is -0.0382. The average molecular weight is 595 g/mol. The van der Waals surface area contributed by atoms with Crippen molar-refractivity contribution in [2.24, 2.45) is 5.92 Å². The van der Waals surface area contributed by atoms with Crippen molar-refractivity contribution in [1.29, 1.82) is 0 Å². The first-order chi connectivity index (χ1) is 21.2. The fourth-order valence-corrected chi connectivity index (χ4v) is 4.48. The van der Waals surface area contributed by atoms with Gasteiger partial charge in [0.1, 0.15) is 17.2 Å². The van der Waals surface area contributed by atoms with Gasteiger partial charge in [0.25, 0.3) is 5.69 Å². The highest BCUT2D eigenvalue weighted by molar-refractivity contribution is 6.01. The molecule has 0 aromatic heterocycles. The van der Waals surface area contributed by atoms with Crippen LogP contribution in [-0.2, 0) is 14.3 Å². The summed E-state index contributed by atoms with van der Waals surface area (Å²) in [4.78, 5) is 61.9. The number of hydrogen-bond donors (Lipinski definition) is 0. The van der Waals surface area contributed by atoms with Crippen LogP contribution >= 0.6 is 0 Å². The molecule has 4 aromatic rings. The molecule has 1 saturated heterocycles. The average Bonchev–Trinajstić information content (AvgIpc) is 3.43. The molecule has 4 aromatic carbocycles. The molecule has 44 heavy (non-hydrogen) atoms. The van der Waals surface area contributed by atoms with Gasteiger partial charge in [0.2, 0.25) is 5.91 Å². The summed E-state index contributed by atoms with van der Waals surface area (Å²) >= 11 is 0. The quantitative estimate of drug-likeness (QED) is 0.0743. The Labute approximate surface area is 251 Å². The van der Waals surface area contributed by atoms with E-state index in [1.54, 1.807) is 24.3 Å². The van der Waals surface area contributed by atoms with Crippen LogP contribution in [0.5, 0.6) is 17.2 Å². The van der Waals surface area contributed by atoms with E-state index in [0.717, 1.165) is 5.56 Å². The largest absolute Gasteiger partial charge is 0.457 e. The van der Waals surface area contributed by atoms with Gasteiger partial charge in [0, 0.05) is 36.3 Å². The van der Waals surface area contributed by atoms with Crippen molar-refractivity contribution in [3.05, 3.63) is 124 Å². The number of Topliss-reactive ketones (excluding diaryl/α,β-unsaturated/α-hetero) is 1. The number of ketones is 1. The molecule has 0 bridgehead atoms. The van der Waals surface area contributed by atoms with Gasteiger partial charge in [-0.05, 0) is 79.7 Å². The molecule has 0 saturated carbocycles. The third kappa shape index (κ3) is 7.13. The standard InChI is InChI=1S/C33H26N2O9/c1-21-2-12-27(13-3-21)43-28-16-10-25(11-17-28)34-19-24(18-31(34)37)32(38)42-20-30(36)22-6-14-29(15-7-22)44-33(39)23-4-8-26(9-5-23)35(40)41/h2-17,24H,18-20H2,1H3/t24-/m1/s1. The van der Waals surface area contributed by atoms with Crippen molar-refractivity contribution in [1.82, 2.24) is 0 Å². The van der Waals surface area contributed by atoms with E-state index in [1.165, 1.54) is 53.4 Å². The zero-order valence-corrected chi connectivity index (χ0v) is 23.5. The van der Waals surface area contributed by atoms with Crippen molar-refractivity contribution < 1.29 is 38.3 Å². The predicted octanol–water partition coefficient (Wildman–Crippen LogP) is 5.69. The molecular formula is C33H26N2O9. The number of nitrogens with zero attached hydrogens (tertiary/aromatic N) is 2. The number of benzene rings is 4. The van der Waals surface area contributed by atoms with Crippen molar-refractivity contribution in [3.63, 3.8) is 0 Å². The first-order valence-corrected chi connectivity index (χ1v) is 13.6. The van der Waals surface area contributed by atoms with Crippen molar-refractivity contribution >= 4 is 35.0 Å². The molecule has 0 radical (unpaired) electrons. The number of nitro groups is 1. The zero-order valence-electron chi connectivity index (χ0n) is 23.5.